The molecule has 0 saturated carbocycles. The highest BCUT2D eigenvalue weighted by Gasteiger charge is 2.15. The van der Waals surface area contributed by atoms with Crippen molar-refractivity contribution in [1.82, 2.24) is 10.3 Å². The van der Waals surface area contributed by atoms with Crippen LogP contribution >= 0.6 is 0 Å². The third-order valence-corrected chi connectivity index (χ3v) is 3.00. The van der Waals surface area contributed by atoms with Crippen molar-refractivity contribution in [3.8, 4) is 5.75 Å². The van der Waals surface area contributed by atoms with Crippen molar-refractivity contribution in [2.45, 2.75) is 19.4 Å². The number of carbonyl (C=O) groups is 1. The second-order valence-electron chi connectivity index (χ2n) is 4.44. The summed E-state index contributed by atoms with van der Waals surface area (Å²) < 4.78 is 5.60. The predicted molar refractivity (Wildman–Crippen MR) is 77.0 cm³/mol. The number of hydrogen-bond acceptors (Lipinski definition) is 4. The molecule has 0 spiro atoms. The molecule has 0 amide bonds. The molecule has 5 heteroatoms. The number of pyridine rings is 1. The fourth-order valence-electron chi connectivity index (χ4n) is 1.99. The Morgan fingerprint density at radius 2 is 2.30 bits per heavy atom. The van der Waals surface area contributed by atoms with Gasteiger partial charge in [0.25, 0.3) is 0 Å². The number of carboxylic acids is 1. The summed E-state index contributed by atoms with van der Waals surface area (Å²) in [4.78, 5) is 15.2. The van der Waals surface area contributed by atoms with Crippen LogP contribution in [0.2, 0.25) is 0 Å². The van der Waals surface area contributed by atoms with E-state index in [-0.39, 0.29) is 0 Å². The molecule has 2 rings (SSSR count). The third kappa shape index (κ3) is 3.68. The van der Waals surface area contributed by atoms with Gasteiger partial charge >= 0.3 is 5.97 Å². The number of carboxylic acid groups (broad SMARTS) is 1. The Labute approximate surface area is 117 Å². The van der Waals surface area contributed by atoms with Crippen molar-refractivity contribution in [2.24, 2.45) is 0 Å². The van der Waals surface area contributed by atoms with Gasteiger partial charge in [-0.25, -0.2) is 0 Å². The van der Waals surface area contributed by atoms with Crippen LogP contribution in [0.3, 0.4) is 0 Å². The van der Waals surface area contributed by atoms with E-state index in [0.29, 0.717) is 25.3 Å². The molecular formula is C15H18N2O3. The van der Waals surface area contributed by atoms with Crippen molar-refractivity contribution in [3.05, 3.63) is 36.5 Å². The van der Waals surface area contributed by atoms with Gasteiger partial charge in [-0.15, -0.1) is 0 Å². The zero-order valence-electron chi connectivity index (χ0n) is 11.4. The molecule has 0 aliphatic rings. The van der Waals surface area contributed by atoms with E-state index in [2.05, 4.69) is 10.3 Å². The fraction of sp³-hybridized carbons (Fsp3) is 0.333. The molecule has 0 fully saturated rings. The van der Waals surface area contributed by atoms with Crippen LogP contribution in [-0.2, 0) is 4.79 Å². The van der Waals surface area contributed by atoms with Gasteiger partial charge in [-0.05, 0) is 24.7 Å². The smallest absolute Gasteiger partial charge is 0.320 e. The lowest BCUT2D eigenvalue weighted by Gasteiger charge is -2.13. The molecule has 1 aromatic heterocycles. The zero-order valence-corrected chi connectivity index (χ0v) is 11.4. The summed E-state index contributed by atoms with van der Waals surface area (Å²) >= 11 is 0. The minimum Gasteiger partial charge on any atom is -0.493 e. The number of nitrogens with zero attached hydrogens (tertiary/aromatic N) is 1. The van der Waals surface area contributed by atoms with E-state index in [1.54, 1.807) is 6.20 Å². The minimum atomic E-state index is -0.851. The number of nitrogens with one attached hydrogen (secondary N) is 1. The molecule has 2 N–H and O–H groups in total. The van der Waals surface area contributed by atoms with Crippen LogP contribution in [0.25, 0.3) is 10.9 Å². The Bertz CT molecular complexity index is 586. The van der Waals surface area contributed by atoms with Crippen LogP contribution in [0.1, 0.15) is 13.3 Å². The van der Waals surface area contributed by atoms with E-state index in [4.69, 9.17) is 9.84 Å². The maximum absolute atomic E-state index is 11.0. The SMILES string of the molecule is CCNC(CCOc1ccc2cccnc2c1)C(=O)O. The molecule has 1 atom stereocenters. The lowest BCUT2D eigenvalue weighted by Crippen LogP contribution is -2.37. The summed E-state index contributed by atoms with van der Waals surface area (Å²) in [5.74, 6) is -0.146. The van der Waals surface area contributed by atoms with Crippen molar-refractivity contribution in [2.75, 3.05) is 13.2 Å². The van der Waals surface area contributed by atoms with Crippen LogP contribution in [-0.4, -0.2) is 35.3 Å². The number of ether oxygens (including phenoxy) is 1. The van der Waals surface area contributed by atoms with E-state index in [0.717, 1.165) is 10.9 Å². The van der Waals surface area contributed by atoms with Crippen molar-refractivity contribution in [1.29, 1.82) is 0 Å². The van der Waals surface area contributed by atoms with Crippen LogP contribution in [0.15, 0.2) is 36.5 Å². The molecule has 5 nitrogen and oxygen atoms in total. The average Bonchev–Trinajstić information content (AvgIpc) is 2.46. The van der Waals surface area contributed by atoms with E-state index in [1.807, 2.05) is 37.3 Å². The van der Waals surface area contributed by atoms with Gasteiger partial charge in [-0.1, -0.05) is 13.0 Å². The molecule has 1 heterocycles. The molecule has 1 aromatic carbocycles. The molecule has 2 aromatic rings. The molecule has 0 saturated heterocycles. The molecule has 20 heavy (non-hydrogen) atoms. The van der Waals surface area contributed by atoms with E-state index >= 15 is 0 Å². The monoisotopic (exact) mass is 274 g/mol. The Kier molecular flexibility index (Phi) is 4.90. The fourth-order valence-corrected chi connectivity index (χ4v) is 1.99. The topological polar surface area (TPSA) is 71.5 Å². The number of hydrogen-bond donors (Lipinski definition) is 2. The van der Waals surface area contributed by atoms with Gasteiger partial charge in [0.2, 0.25) is 0 Å². The van der Waals surface area contributed by atoms with Crippen LogP contribution in [0.5, 0.6) is 5.75 Å². The van der Waals surface area contributed by atoms with Gasteiger partial charge in [0.1, 0.15) is 11.8 Å². The molecular weight excluding hydrogens is 256 g/mol. The highest BCUT2D eigenvalue weighted by atomic mass is 16.5. The van der Waals surface area contributed by atoms with Gasteiger partial charge < -0.3 is 15.2 Å². The van der Waals surface area contributed by atoms with Crippen molar-refractivity contribution < 1.29 is 14.6 Å². The lowest BCUT2D eigenvalue weighted by molar-refractivity contribution is -0.139. The second kappa shape index (κ2) is 6.86. The van der Waals surface area contributed by atoms with Crippen LogP contribution < -0.4 is 10.1 Å². The third-order valence-electron chi connectivity index (χ3n) is 3.00. The average molecular weight is 274 g/mol. The van der Waals surface area contributed by atoms with Crippen molar-refractivity contribution in [3.63, 3.8) is 0 Å². The normalized spacial score (nSPS) is 12.2. The maximum atomic E-state index is 11.0. The largest absolute Gasteiger partial charge is 0.493 e. The van der Waals surface area contributed by atoms with Gasteiger partial charge in [0, 0.05) is 24.1 Å². The number of aromatic nitrogens is 1. The number of benzene rings is 1. The highest BCUT2D eigenvalue weighted by molar-refractivity contribution is 5.79. The first-order chi connectivity index (χ1) is 9.70. The predicted octanol–water partition coefficient (Wildman–Crippen LogP) is 2.07. The van der Waals surface area contributed by atoms with Crippen molar-refractivity contribution >= 4 is 16.9 Å². The quantitative estimate of drug-likeness (QED) is 0.808. The maximum Gasteiger partial charge on any atom is 0.320 e. The minimum absolute atomic E-state index is 0.350. The lowest BCUT2D eigenvalue weighted by atomic mass is 10.2. The Hall–Kier alpha value is -2.14. The van der Waals surface area contributed by atoms with Crippen LogP contribution in [0, 0.1) is 0 Å². The number of rotatable bonds is 7. The summed E-state index contributed by atoms with van der Waals surface area (Å²) in [5, 5.41) is 13.0. The Morgan fingerprint density at radius 1 is 1.45 bits per heavy atom. The Balaban J connectivity index is 1.93. The molecule has 106 valence electrons. The number of likely N-dealkylation sites (N-methyl/N-ethyl adjacent to an activating group) is 1. The number of aliphatic carboxylic acids is 1. The summed E-state index contributed by atoms with van der Waals surface area (Å²) in [5.41, 5.74) is 0.867. The molecule has 0 bridgehead atoms. The second-order valence-corrected chi connectivity index (χ2v) is 4.44. The van der Waals surface area contributed by atoms with Gasteiger partial charge in [-0.2, -0.15) is 0 Å². The Morgan fingerprint density at radius 3 is 3.05 bits per heavy atom. The number of fused-ring (bicyclic) bond motifs is 1. The first-order valence-electron chi connectivity index (χ1n) is 6.64. The molecule has 0 aliphatic heterocycles. The van der Waals surface area contributed by atoms with E-state index in [9.17, 15) is 4.79 Å². The summed E-state index contributed by atoms with van der Waals surface area (Å²) in [6.45, 7) is 2.85. The van der Waals surface area contributed by atoms with E-state index < -0.39 is 12.0 Å². The molecule has 1 unspecified atom stereocenters. The summed E-state index contributed by atoms with van der Waals surface area (Å²) in [6, 6.07) is 8.97. The highest BCUT2D eigenvalue weighted by Crippen LogP contribution is 2.18. The zero-order chi connectivity index (χ0) is 14.4. The molecule has 0 radical (unpaired) electrons. The van der Waals surface area contributed by atoms with Crippen LogP contribution in [0.4, 0.5) is 0 Å². The summed E-state index contributed by atoms with van der Waals surface area (Å²) in [6.07, 6.45) is 2.15. The van der Waals surface area contributed by atoms with Gasteiger partial charge in [0.15, 0.2) is 0 Å². The first kappa shape index (κ1) is 14.3. The van der Waals surface area contributed by atoms with E-state index in [1.165, 1.54) is 0 Å². The summed E-state index contributed by atoms with van der Waals surface area (Å²) in [7, 11) is 0. The molecule has 0 aliphatic carbocycles. The van der Waals surface area contributed by atoms with Gasteiger partial charge in [0.05, 0.1) is 12.1 Å². The standard InChI is InChI=1S/C15H18N2O3/c1-2-16-13(15(18)19)7-9-20-12-6-5-11-4-3-8-17-14(11)10-12/h3-6,8,10,13,16H,2,7,9H2,1H3,(H,18,19). The first-order valence-corrected chi connectivity index (χ1v) is 6.64. The van der Waals surface area contributed by atoms with Gasteiger partial charge in [-0.3, -0.25) is 9.78 Å².